The molecule has 37 heavy (non-hydrogen) atoms. The fourth-order valence-corrected chi connectivity index (χ4v) is 5.60. The summed E-state index contributed by atoms with van der Waals surface area (Å²) in [6.07, 6.45) is 5.57. The molecule has 3 aromatic heterocycles. The summed E-state index contributed by atoms with van der Waals surface area (Å²) in [6.45, 7) is 1.49. The van der Waals surface area contributed by atoms with E-state index in [2.05, 4.69) is 21.1 Å². The standard InChI is InChI=1S/C24H18F3N5O3S2/c1-2-37(34,35)20-9-16(15-3-5-18(6-4-15)23(14-28)7-8-23)11-30-22(20)32-13-17-12-29-21(10-19(17)31-32)36(33)24(25,26)27/h3-6,9-13H,2,7-8H2,1H3. The van der Waals surface area contributed by atoms with Crippen LogP contribution in [0.2, 0.25) is 0 Å². The van der Waals surface area contributed by atoms with Crippen LogP contribution in [-0.2, 0) is 26.4 Å². The third-order valence-electron chi connectivity index (χ3n) is 6.26. The first-order chi connectivity index (χ1) is 17.5. The van der Waals surface area contributed by atoms with Gasteiger partial charge in [-0.15, -0.1) is 13.2 Å². The average Bonchev–Trinajstić information content (AvgIpc) is 3.58. The lowest BCUT2D eigenvalue weighted by atomic mass is 9.95. The quantitative estimate of drug-likeness (QED) is 0.328. The molecule has 0 bridgehead atoms. The number of rotatable bonds is 6. The van der Waals surface area contributed by atoms with E-state index in [0.717, 1.165) is 35.4 Å². The third-order valence-corrected chi connectivity index (χ3v) is 9.02. The molecule has 8 nitrogen and oxygen atoms in total. The molecule has 0 spiro atoms. The molecule has 4 aromatic rings. The first kappa shape index (κ1) is 25.2. The molecule has 13 heteroatoms. The molecule has 0 saturated heterocycles. The minimum absolute atomic E-state index is 0.0293. The first-order valence-electron chi connectivity index (χ1n) is 11.1. The Hall–Kier alpha value is -3.47. The zero-order valence-electron chi connectivity index (χ0n) is 19.2. The van der Waals surface area contributed by atoms with Gasteiger partial charge in [-0.25, -0.2) is 23.1 Å². The van der Waals surface area contributed by atoms with Crippen LogP contribution >= 0.6 is 0 Å². The third kappa shape index (κ3) is 4.56. The number of hydrogen-bond acceptors (Lipinski definition) is 7. The van der Waals surface area contributed by atoms with Crippen LogP contribution in [0.15, 0.2) is 64.9 Å². The van der Waals surface area contributed by atoms with Crippen molar-refractivity contribution in [3.63, 3.8) is 0 Å². The largest absolute Gasteiger partial charge is 0.603 e. The van der Waals surface area contributed by atoms with Crippen molar-refractivity contribution >= 4 is 31.9 Å². The molecule has 0 aliphatic heterocycles. The van der Waals surface area contributed by atoms with Gasteiger partial charge in [0.05, 0.1) is 17.2 Å². The van der Waals surface area contributed by atoms with Crippen LogP contribution in [0.25, 0.3) is 27.8 Å². The van der Waals surface area contributed by atoms with Crippen LogP contribution in [0.4, 0.5) is 13.2 Å². The summed E-state index contributed by atoms with van der Waals surface area (Å²) in [5.74, 6) is -0.246. The van der Waals surface area contributed by atoms with E-state index < -0.39 is 37.0 Å². The number of hydrogen-bond donors (Lipinski definition) is 0. The minimum Gasteiger partial charge on any atom is -0.603 e. The Morgan fingerprint density at radius 3 is 2.43 bits per heavy atom. The van der Waals surface area contributed by atoms with Crippen LogP contribution in [0.3, 0.4) is 0 Å². The molecule has 3 heterocycles. The van der Waals surface area contributed by atoms with Crippen molar-refractivity contribution in [2.24, 2.45) is 0 Å². The van der Waals surface area contributed by atoms with E-state index in [9.17, 15) is 31.4 Å². The maximum Gasteiger partial charge on any atom is 0.579 e. The van der Waals surface area contributed by atoms with Crippen molar-refractivity contribution < 1.29 is 26.1 Å². The lowest BCUT2D eigenvalue weighted by molar-refractivity contribution is -0.0437. The second-order valence-corrected chi connectivity index (χ2v) is 12.3. The number of nitrogens with zero attached hydrogens (tertiary/aromatic N) is 5. The molecule has 1 unspecified atom stereocenters. The van der Waals surface area contributed by atoms with Crippen molar-refractivity contribution in [1.29, 1.82) is 5.26 Å². The minimum atomic E-state index is -4.98. The van der Waals surface area contributed by atoms with Gasteiger partial charge in [0.2, 0.25) is 0 Å². The normalized spacial score (nSPS) is 15.9. The van der Waals surface area contributed by atoms with E-state index in [-0.39, 0.29) is 22.0 Å². The number of fused-ring (bicyclic) bond motifs is 1. The SMILES string of the molecule is CCS(=O)(=O)c1cc(-c2ccc(C3(C#N)CC3)cc2)cnc1-n1cc2cnc([S+]([O-])C(F)(F)F)cc2n1. The van der Waals surface area contributed by atoms with Crippen molar-refractivity contribution in [3.8, 4) is 23.0 Å². The summed E-state index contributed by atoms with van der Waals surface area (Å²) in [4.78, 5) is 7.86. The van der Waals surface area contributed by atoms with Gasteiger partial charge in [-0.3, -0.25) is 0 Å². The Morgan fingerprint density at radius 2 is 1.84 bits per heavy atom. The molecule has 1 aliphatic carbocycles. The topological polar surface area (TPSA) is 125 Å². The molecule has 0 N–H and O–H groups in total. The van der Waals surface area contributed by atoms with Gasteiger partial charge in [0.25, 0.3) is 5.03 Å². The molecule has 1 atom stereocenters. The van der Waals surface area contributed by atoms with E-state index in [4.69, 9.17) is 0 Å². The molecule has 5 rings (SSSR count). The van der Waals surface area contributed by atoms with Crippen molar-refractivity contribution in [1.82, 2.24) is 19.7 Å². The number of nitriles is 1. The molecule has 0 radical (unpaired) electrons. The van der Waals surface area contributed by atoms with Crippen LogP contribution in [0.1, 0.15) is 25.3 Å². The highest BCUT2D eigenvalue weighted by molar-refractivity contribution is 7.92. The fraction of sp³-hybridized carbons (Fsp3) is 0.250. The summed E-state index contributed by atoms with van der Waals surface area (Å²) in [7, 11) is -3.79. The van der Waals surface area contributed by atoms with Crippen molar-refractivity contribution in [2.45, 2.75) is 40.6 Å². The highest BCUT2D eigenvalue weighted by Gasteiger charge is 2.47. The lowest BCUT2D eigenvalue weighted by Gasteiger charge is -2.12. The smallest absolute Gasteiger partial charge is 0.579 e. The molecular weight excluding hydrogens is 527 g/mol. The summed E-state index contributed by atoms with van der Waals surface area (Å²) >= 11 is -3.33. The predicted molar refractivity (Wildman–Crippen MR) is 129 cm³/mol. The maximum atomic E-state index is 13.0. The summed E-state index contributed by atoms with van der Waals surface area (Å²) in [5.41, 5.74) is -3.22. The maximum absolute atomic E-state index is 13.0. The highest BCUT2D eigenvalue weighted by Crippen LogP contribution is 2.47. The zero-order valence-corrected chi connectivity index (χ0v) is 20.9. The molecule has 1 fully saturated rings. The van der Waals surface area contributed by atoms with E-state index >= 15 is 0 Å². The Kier molecular flexibility index (Phi) is 6.01. The Labute approximate surface area is 212 Å². The number of alkyl halides is 3. The van der Waals surface area contributed by atoms with Crippen molar-refractivity contribution in [2.75, 3.05) is 5.75 Å². The second kappa shape index (κ2) is 8.83. The van der Waals surface area contributed by atoms with Gasteiger partial charge in [0.1, 0.15) is 21.6 Å². The second-order valence-electron chi connectivity index (χ2n) is 8.59. The molecule has 1 saturated carbocycles. The number of aromatic nitrogens is 4. The van der Waals surface area contributed by atoms with Gasteiger partial charge in [-0.2, -0.15) is 10.4 Å². The first-order valence-corrected chi connectivity index (χ1v) is 13.9. The average molecular weight is 546 g/mol. The number of pyridine rings is 2. The molecule has 1 aromatic carbocycles. The van der Waals surface area contributed by atoms with Gasteiger partial charge in [-0.05, 0) is 30.0 Å². The number of sulfone groups is 1. The van der Waals surface area contributed by atoms with Gasteiger partial charge in [-0.1, -0.05) is 31.2 Å². The highest BCUT2D eigenvalue weighted by atomic mass is 32.2. The molecular formula is C24H18F3N5O3S2. The monoisotopic (exact) mass is 545 g/mol. The van der Waals surface area contributed by atoms with Crippen LogP contribution in [0, 0.1) is 11.3 Å². The molecule has 1 aliphatic rings. The van der Waals surface area contributed by atoms with Crippen molar-refractivity contribution in [3.05, 3.63) is 60.6 Å². The summed E-state index contributed by atoms with van der Waals surface area (Å²) in [6, 6.07) is 12.1. The van der Waals surface area contributed by atoms with E-state index in [0.29, 0.717) is 16.5 Å². The molecule has 0 amide bonds. The van der Waals surface area contributed by atoms with Gasteiger partial charge < -0.3 is 4.55 Å². The Morgan fingerprint density at radius 1 is 1.14 bits per heavy atom. The Bertz CT molecular complexity index is 1660. The number of benzene rings is 1. The van der Waals surface area contributed by atoms with E-state index in [1.54, 1.807) is 0 Å². The fourth-order valence-electron chi connectivity index (χ4n) is 3.95. The Balaban J connectivity index is 1.57. The van der Waals surface area contributed by atoms with Crippen LogP contribution in [0.5, 0.6) is 0 Å². The van der Waals surface area contributed by atoms with Gasteiger partial charge >= 0.3 is 5.51 Å². The number of halogens is 3. The van der Waals surface area contributed by atoms with Crippen LogP contribution in [-0.4, -0.2) is 44.0 Å². The summed E-state index contributed by atoms with van der Waals surface area (Å²) in [5, 5.41) is 13.2. The van der Waals surface area contributed by atoms with Gasteiger partial charge in [0.15, 0.2) is 15.7 Å². The van der Waals surface area contributed by atoms with Gasteiger partial charge in [0, 0.05) is 35.6 Å². The van der Waals surface area contributed by atoms with Crippen LogP contribution < -0.4 is 0 Å². The summed E-state index contributed by atoms with van der Waals surface area (Å²) < 4.78 is 77.3. The zero-order chi connectivity index (χ0) is 26.6. The molecule has 190 valence electrons. The van der Waals surface area contributed by atoms with E-state index in [1.807, 2.05) is 24.3 Å². The van der Waals surface area contributed by atoms with E-state index in [1.165, 1.54) is 25.4 Å². The predicted octanol–water partition coefficient (Wildman–Crippen LogP) is 4.46. The lowest BCUT2D eigenvalue weighted by Crippen LogP contribution is -2.24.